The molecule has 3 aliphatic rings. The van der Waals surface area contributed by atoms with E-state index in [1.807, 2.05) is 52.8 Å². The SMILES string of the molecule is CCC1C/C=C(C)/C=C(\C)C(OC2OC(C)(C)C(OC(=O)C(C)C)C(O)C2O)C(CC)/C=C(\C)C(O)C/C=C/C=C(\COC2OC(C)C(O)C(O)C2OC)C(=O)O1. The number of cyclic esters (lactones) is 1. The van der Waals surface area contributed by atoms with E-state index in [-0.39, 0.29) is 24.5 Å². The minimum absolute atomic E-state index is 0.173. The van der Waals surface area contributed by atoms with Crippen LogP contribution in [0.25, 0.3) is 0 Å². The van der Waals surface area contributed by atoms with Gasteiger partial charge < -0.3 is 58.7 Å². The molecule has 3 heterocycles. The Morgan fingerprint density at radius 3 is 2.25 bits per heavy atom. The number of hydrogen-bond acceptors (Lipinski definition) is 14. The first-order valence-corrected chi connectivity index (χ1v) is 20.1. The van der Waals surface area contributed by atoms with Gasteiger partial charge >= 0.3 is 11.9 Å². The Balaban J connectivity index is 1.95. The predicted octanol–water partition coefficient (Wildman–Crippen LogP) is 4.12. The number of aliphatic hydroxyl groups excluding tert-OH is 5. The smallest absolute Gasteiger partial charge is 0.336 e. The topological polar surface area (TPSA) is 200 Å². The zero-order chi connectivity index (χ0) is 42.8. The van der Waals surface area contributed by atoms with E-state index in [4.69, 9.17) is 33.2 Å². The van der Waals surface area contributed by atoms with E-state index in [2.05, 4.69) is 0 Å². The highest BCUT2D eigenvalue weighted by molar-refractivity contribution is 5.89. The van der Waals surface area contributed by atoms with Gasteiger partial charge in [0.05, 0.1) is 36.4 Å². The third-order valence-electron chi connectivity index (χ3n) is 10.8. The lowest BCUT2D eigenvalue weighted by Crippen LogP contribution is -2.64. The molecule has 0 aromatic heterocycles. The van der Waals surface area contributed by atoms with Crippen LogP contribution in [0.5, 0.6) is 0 Å². The van der Waals surface area contributed by atoms with Crippen LogP contribution in [0.3, 0.4) is 0 Å². The van der Waals surface area contributed by atoms with Crippen molar-refractivity contribution in [3.05, 3.63) is 58.7 Å². The molecule has 0 aromatic carbocycles. The van der Waals surface area contributed by atoms with Gasteiger partial charge in [-0.15, -0.1) is 0 Å². The van der Waals surface area contributed by atoms with Crippen molar-refractivity contribution in [2.45, 2.75) is 174 Å². The average molecular weight is 809 g/mol. The number of methoxy groups -OCH3 is 1. The third kappa shape index (κ3) is 13.1. The molecule has 0 aromatic rings. The lowest BCUT2D eigenvalue weighted by molar-refractivity contribution is -0.333. The molecule has 14 nitrogen and oxygen atoms in total. The Labute approximate surface area is 338 Å². The van der Waals surface area contributed by atoms with Crippen LogP contribution in [-0.4, -0.2) is 130 Å². The van der Waals surface area contributed by atoms with E-state index in [9.17, 15) is 35.1 Å². The van der Waals surface area contributed by atoms with Crippen molar-refractivity contribution in [3.8, 4) is 0 Å². The van der Waals surface area contributed by atoms with Crippen LogP contribution in [0.4, 0.5) is 0 Å². The maximum Gasteiger partial charge on any atom is 0.336 e. The second-order valence-electron chi connectivity index (χ2n) is 16.2. The van der Waals surface area contributed by atoms with Crippen molar-refractivity contribution >= 4 is 11.9 Å². The number of allylic oxidation sites excluding steroid dienone is 4. The van der Waals surface area contributed by atoms with E-state index < -0.39 is 97.1 Å². The zero-order valence-corrected chi connectivity index (χ0v) is 35.5. The molecule has 0 radical (unpaired) electrons. The molecule has 324 valence electrons. The van der Waals surface area contributed by atoms with Crippen molar-refractivity contribution in [1.82, 2.24) is 0 Å². The third-order valence-corrected chi connectivity index (χ3v) is 10.8. The molecule has 0 amide bonds. The molecule has 14 heteroatoms. The van der Waals surface area contributed by atoms with Crippen molar-refractivity contribution in [2.75, 3.05) is 13.7 Å². The maximum atomic E-state index is 13.6. The Morgan fingerprint density at radius 1 is 0.947 bits per heavy atom. The first kappa shape index (κ1) is 48.6. The number of ether oxygens (including phenoxy) is 7. The maximum absolute atomic E-state index is 13.6. The molecule has 13 atom stereocenters. The monoisotopic (exact) mass is 808 g/mol. The number of carbonyl (C=O) groups is 2. The second-order valence-corrected chi connectivity index (χ2v) is 16.2. The Bertz CT molecular complexity index is 1480. The summed E-state index contributed by atoms with van der Waals surface area (Å²) in [5.41, 5.74) is 1.27. The van der Waals surface area contributed by atoms with Gasteiger partial charge in [-0.3, -0.25) is 4.79 Å². The highest BCUT2D eigenvalue weighted by atomic mass is 16.7. The van der Waals surface area contributed by atoms with Gasteiger partial charge in [0.2, 0.25) is 0 Å². The molecule has 57 heavy (non-hydrogen) atoms. The van der Waals surface area contributed by atoms with Gasteiger partial charge in [0.25, 0.3) is 0 Å². The summed E-state index contributed by atoms with van der Waals surface area (Å²) in [6.07, 6.45) is -0.287. The fourth-order valence-electron chi connectivity index (χ4n) is 6.98. The van der Waals surface area contributed by atoms with Crippen LogP contribution in [0.15, 0.2) is 58.7 Å². The summed E-state index contributed by atoms with van der Waals surface area (Å²) in [6.45, 7) is 17.6. The summed E-state index contributed by atoms with van der Waals surface area (Å²) in [5, 5.41) is 54.5. The fourth-order valence-corrected chi connectivity index (χ4v) is 6.98. The summed E-state index contributed by atoms with van der Waals surface area (Å²) in [4.78, 5) is 26.0. The van der Waals surface area contributed by atoms with Gasteiger partial charge in [-0.05, 0) is 78.0 Å². The number of carbonyl (C=O) groups excluding carboxylic acids is 2. The van der Waals surface area contributed by atoms with E-state index in [0.29, 0.717) is 24.8 Å². The highest BCUT2D eigenvalue weighted by Crippen LogP contribution is 2.36. The second kappa shape index (κ2) is 22.0. The van der Waals surface area contributed by atoms with E-state index in [1.165, 1.54) is 7.11 Å². The lowest BCUT2D eigenvalue weighted by Gasteiger charge is -2.47. The van der Waals surface area contributed by atoms with Crippen LogP contribution in [-0.2, 0) is 42.7 Å². The molecule has 0 bridgehead atoms. The summed E-state index contributed by atoms with van der Waals surface area (Å²) < 4.78 is 41.3. The quantitative estimate of drug-likeness (QED) is 0.156. The lowest BCUT2D eigenvalue weighted by atomic mass is 9.88. The largest absolute Gasteiger partial charge is 0.459 e. The van der Waals surface area contributed by atoms with Crippen LogP contribution in [0, 0.1) is 11.8 Å². The van der Waals surface area contributed by atoms with Gasteiger partial charge in [-0.2, -0.15) is 0 Å². The molecule has 2 fully saturated rings. The van der Waals surface area contributed by atoms with E-state index >= 15 is 0 Å². The van der Waals surface area contributed by atoms with Crippen molar-refractivity contribution in [2.24, 2.45) is 11.8 Å². The van der Waals surface area contributed by atoms with Gasteiger partial charge in [-0.25, -0.2) is 4.79 Å². The van der Waals surface area contributed by atoms with E-state index in [1.54, 1.807) is 52.8 Å². The Kier molecular flexibility index (Phi) is 18.8. The van der Waals surface area contributed by atoms with Gasteiger partial charge in [0, 0.05) is 19.4 Å². The molecule has 0 spiro atoms. The van der Waals surface area contributed by atoms with Crippen LogP contribution >= 0.6 is 0 Å². The minimum atomic E-state index is -1.54. The summed E-state index contributed by atoms with van der Waals surface area (Å²) in [7, 11) is 1.37. The van der Waals surface area contributed by atoms with Gasteiger partial charge in [0.15, 0.2) is 18.7 Å². The minimum Gasteiger partial charge on any atom is -0.459 e. The summed E-state index contributed by atoms with van der Waals surface area (Å²) in [5.74, 6) is -1.88. The predicted molar refractivity (Wildman–Crippen MR) is 211 cm³/mol. The molecule has 0 aliphatic carbocycles. The van der Waals surface area contributed by atoms with E-state index in [0.717, 1.165) is 11.1 Å². The molecule has 3 rings (SSSR count). The van der Waals surface area contributed by atoms with Gasteiger partial charge in [0.1, 0.15) is 42.2 Å². The molecule has 0 saturated carbocycles. The molecule has 3 aliphatic heterocycles. The summed E-state index contributed by atoms with van der Waals surface area (Å²) in [6, 6.07) is 0. The first-order valence-electron chi connectivity index (χ1n) is 20.1. The fraction of sp³-hybridized carbons (Fsp3) is 0.721. The Hall–Kier alpha value is -2.76. The number of aliphatic hydroxyl groups is 5. The standard InChI is InChI=1S/C43H68O14/c1-12-28-21-25(6)31(44)17-15-14-16-29(22-52-42-37(51-11)33(46)32(45)27(8)53-42)40(50)54-30(13-2)19-18-24(5)20-26(7)36(28)55-41-35(48)34(47)38(43(9,10)57-41)56-39(49)23(3)4/h14-16,18,20-21,23,27-28,30-38,41-42,44-48H,12-13,17,19,22H2,1-11H3/b15-14+,24-18+,25-21+,26-20+,29-16+. The van der Waals surface area contributed by atoms with Crippen LogP contribution in [0.2, 0.25) is 0 Å². The van der Waals surface area contributed by atoms with Crippen LogP contribution < -0.4 is 0 Å². The van der Waals surface area contributed by atoms with Crippen molar-refractivity contribution in [1.29, 1.82) is 0 Å². The van der Waals surface area contributed by atoms with Crippen molar-refractivity contribution < 1.29 is 68.3 Å². The average Bonchev–Trinajstić information content (AvgIpc) is 3.15. The normalized spacial score (nSPS) is 40.4. The first-order chi connectivity index (χ1) is 26.8. The molecule has 2 saturated heterocycles. The number of hydrogen-bond donors (Lipinski definition) is 5. The number of esters is 2. The van der Waals surface area contributed by atoms with Crippen LogP contribution in [0.1, 0.15) is 94.9 Å². The van der Waals surface area contributed by atoms with Gasteiger partial charge in [-0.1, -0.05) is 63.6 Å². The molecule has 5 N–H and O–H groups in total. The summed E-state index contributed by atoms with van der Waals surface area (Å²) >= 11 is 0. The molecular formula is C43H68O14. The van der Waals surface area contributed by atoms with Crippen molar-refractivity contribution in [3.63, 3.8) is 0 Å². The number of rotatable bonds is 10. The molecular weight excluding hydrogens is 740 g/mol. The Morgan fingerprint density at radius 2 is 1.63 bits per heavy atom. The molecule has 13 unspecified atom stereocenters. The highest BCUT2D eigenvalue weighted by Gasteiger charge is 2.53. The zero-order valence-electron chi connectivity index (χ0n) is 35.5.